The molecular formula is C21H27F2N3O2. The van der Waals surface area contributed by atoms with Gasteiger partial charge in [-0.1, -0.05) is 55.5 Å². The molecule has 0 fully saturated rings. The lowest BCUT2D eigenvalue weighted by Gasteiger charge is -2.25. The zero-order valence-corrected chi connectivity index (χ0v) is 16.4. The SMILES string of the molecule is CCC(NC(=O)NC(CN(C)C)c1ccccc1)c1ccccc1OC(F)F. The van der Waals surface area contributed by atoms with Gasteiger partial charge < -0.3 is 20.3 Å². The quantitative estimate of drug-likeness (QED) is 0.669. The van der Waals surface area contributed by atoms with E-state index in [9.17, 15) is 13.6 Å². The highest BCUT2D eigenvalue weighted by Gasteiger charge is 2.21. The van der Waals surface area contributed by atoms with Crippen molar-refractivity contribution in [2.75, 3.05) is 20.6 Å². The van der Waals surface area contributed by atoms with Gasteiger partial charge in [-0.25, -0.2) is 4.79 Å². The van der Waals surface area contributed by atoms with Crippen molar-refractivity contribution in [3.05, 3.63) is 65.7 Å². The van der Waals surface area contributed by atoms with Crippen LogP contribution in [0.5, 0.6) is 5.75 Å². The molecule has 2 atom stereocenters. The monoisotopic (exact) mass is 391 g/mol. The average Bonchev–Trinajstić information content (AvgIpc) is 2.66. The van der Waals surface area contributed by atoms with Crippen molar-refractivity contribution in [1.29, 1.82) is 0 Å². The number of urea groups is 1. The summed E-state index contributed by atoms with van der Waals surface area (Å²) in [5, 5.41) is 5.86. The molecule has 0 bridgehead atoms. The molecule has 28 heavy (non-hydrogen) atoms. The van der Waals surface area contributed by atoms with E-state index in [1.54, 1.807) is 18.2 Å². The van der Waals surface area contributed by atoms with E-state index in [1.807, 2.05) is 56.3 Å². The molecule has 2 rings (SSSR count). The zero-order chi connectivity index (χ0) is 20.5. The molecule has 2 aromatic carbocycles. The highest BCUT2D eigenvalue weighted by atomic mass is 19.3. The van der Waals surface area contributed by atoms with Crippen LogP contribution in [0.1, 0.15) is 36.6 Å². The molecule has 0 saturated heterocycles. The molecule has 2 unspecified atom stereocenters. The number of amides is 2. The fourth-order valence-electron chi connectivity index (χ4n) is 3.01. The highest BCUT2D eigenvalue weighted by molar-refractivity contribution is 5.75. The molecule has 0 saturated carbocycles. The van der Waals surface area contributed by atoms with E-state index < -0.39 is 12.7 Å². The Labute approximate surface area is 164 Å². The van der Waals surface area contributed by atoms with E-state index in [1.165, 1.54) is 6.07 Å². The minimum Gasteiger partial charge on any atom is -0.434 e. The second kappa shape index (κ2) is 10.6. The molecule has 0 aromatic heterocycles. The Hall–Kier alpha value is -2.67. The number of rotatable bonds is 9. The first-order valence-corrected chi connectivity index (χ1v) is 9.21. The summed E-state index contributed by atoms with van der Waals surface area (Å²) in [6.07, 6.45) is 0.528. The van der Waals surface area contributed by atoms with Gasteiger partial charge in [0, 0.05) is 12.1 Å². The summed E-state index contributed by atoms with van der Waals surface area (Å²) in [6, 6.07) is 15.2. The minimum atomic E-state index is -2.92. The first kappa shape index (κ1) is 21.6. The summed E-state index contributed by atoms with van der Waals surface area (Å²) in [6.45, 7) is -0.423. The van der Waals surface area contributed by atoms with Gasteiger partial charge in [0.25, 0.3) is 0 Å². The third kappa shape index (κ3) is 6.49. The van der Waals surface area contributed by atoms with E-state index in [0.717, 1.165) is 5.56 Å². The van der Waals surface area contributed by atoms with Crippen molar-refractivity contribution in [3.8, 4) is 5.75 Å². The van der Waals surface area contributed by atoms with Gasteiger partial charge in [0.15, 0.2) is 0 Å². The fraction of sp³-hybridized carbons (Fsp3) is 0.381. The summed E-state index contributed by atoms with van der Waals surface area (Å²) in [7, 11) is 3.87. The summed E-state index contributed by atoms with van der Waals surface area (Å²) >= 11 is 0. The number of hydrogen-bond donors (Lipinski definition) is 2. The average molecular weight is 391 g/mol. The molecule has 0 radical (unpaired) electrons. The van der Waals surface area contributed by atoms with Crippen LogP contribution in [0, 0.1) is 0 Å². The van der Waals surface area contributed by atoms with Crippen LogP contribution in [-0.4, -0.2) is 38.2 Å². The van der Waals surface area contributed by atoms with E-state index in [4.69, 9.17) is 0 Å². The number of likely N-dealkylation sites (N-methyl/N-ethyl adjacent to an activating group) is 1. The Bertz CT molecular complexity index is 741. The maximum Gasteiger partial charge on any atom is 0.387 e. The molecular weight excluding hydrogens is 364 g/mol. The van der Waals surface area contributed by atoms with Gasteiger partial charge in [0.05, 0.1) is 12.1 Å². The first-order chi connectivity index (χ1) is 13.4. The van der Waals surface area contributed by atoms with Gasteiger partial charge in [-0.05, 0) is 32.1 Å². The molecule has 0 aliphatic rings. The van der Waals surface area contributed by atoms with Gasteiger partial charge in [0.2, 0.25) is 0 Å². The third-order valence-electron chi connectivity index (χ3n) is 4.28. The molecule has 0 spiro atoms. The number of hydrogen-bond acceptors (Lipinski definition) is 3. The number of nitrogens with one attached hydrogen (secondary N) is 2. The summed E-state index contributed by atoms with van der Waals surface area (Å²) in [5.74, 6) is 0.0672. The number of para-hydroxylation sites is 1. The molecule has 2 N–H and O–H groups in total. The Morgan fingerprint density at radius 3 is 2.21 bits per heavy atom. The second-order valence-electron chi connectivity index (χ2n) is 6.72. The molecule has 0 aliphatic carbocycles. The van der Waals surface area contributed by atoms with E-state index >= 15 is 0 Å². The summed E-state index contributed by atoms with van der Waals surface area (Å²) in [5.41, 5.74) is 1.50. The molecule has 0 heterocycles. The van der Waals surface area contributed by atoms with Gasteiger partial charge in [-0.15, -0.1) is 0 Å². The van der Waals surface area contributed by atoms with Crippen LogP contribution in [0.25, 0.3) is 0 Å². The minimum absolute atomic E-state index is 0.0672. The van der Waals surface area contributed by atoms with Crippen molar-refractivity contribution in [1.82, 2.24) is 15.5 Å². The number of carbonyl (C=O) groups excluding carboxylic acids is 1. The van der Waals surface area contributed by atoms with Crippen molar-refractivity contribution in [3.63, 3.8) is 0 Å². The van der Waals surface area contributed by atoms with E-state index in [2.05, 4.69) is 15.4 Å². The number of halogens is 2. The molecule has 152 valence electrons. The number of benzene rings is 2. The van der Waals surface area contributed by atoms with Crippen LogP contribution in [0.15, 0.2) is 54.6 Å². The van der Waals surface area contributed by atoms with Gasteiger partial charge >= 0.3 is 12.6 Å². The van der Waals surface area contributed by atoms with Crippen LogP contribution in [0.2, 0.25) is 0 Å². The fourth-order valence-corrected chi connectivity index (χ4v) is 3.01. The lowest BCUT2D eigenvalue weighted by molar-refractivity contribution is -0.0506. The predicted molar refractivity (Wildman–Crippen MR) is 106 cm³/mol. The van der Waals surface area contributed by atoms with E-state index in [0.29, 0.717) is 18.5 Å². The molecule has 2 amide bonds. The predicted octanol–water partition coefficient (Wildman–Crippen LogP) is 4.34. The maximum absolute atomic E-state index is 12.7. The standard InChI is InChI=1S/C21H27F2N3O2/c1-4-17(16-12-8-9-13-19(16)28-20(22)23)24-21(27)25-18(14-26(2)3)15-10-6-5-7-11-15/h5-13,17-18,20H,4,14H2,1-3H3,(H2,24,25,27). The second-order valence-corrected chi connectivity index (χ2v) is 6.72. The maximum atomic E-state index is 12.7. The van der Waals surface area contributed by atoms with Crippen molar-refractivity contribution < 1.29 is 18.3 Å². The molecule has 0 aliphatic heterocycles. The Morgan fingerprint density at radius 1 is 1.00 bits per heavy atom. The van der Waals surface area contributed by atoms with Crippen LogP contribution < -0.4 is 15.4 Å². The Morgan fingerprint density at radius 2 is 1.61 bits per heavy atom. The van der Waals surface area contributed by atoms with Crippen LogP contribution in [-0.2, 0) is 0 Å². The van der Waals surface area contributed by atoms with E-state index in [-0.39, 0.29) is 17.8 Å². The smallest absolute Gasteiger partial charge is 0.387 e. The number of carbonyl (C=O) groups is 1. The highest BCUT2D eigenvalue weighted by Crippen LogP contribution is 2.28. The number of ether oxygens (including phenoxy) is 1. The van der Waals surface area contributed by atoms with Crippen LogP contribution in [0.4, 0.5) is 13.6 Å². The Balaban J connectivity index is 2.13. The van der Waals surface area contributed by atoms with Crippen LogP contribution >= 0.6 is 0 Å². The summed E-state index contributed by atoms with van der Waals surface area (Å²) in [4.78, 5) is 14.6. The number of alkyl halides is 2. The molecule has 5 nitrogen and oxygen atoms in total. The first-order valence-electron chi connectivity index (χ1n) is 9.21. The van der Waals surface area contributed by atoms with Gasteiger partial charge in [-0.2, -0.15) is 8.78 Å². The Kier molecular flexibility index (Phi) is 8.19. The summed E-state index contributed by atoms with van der Waals surface area (Å²) < 4.78 is 30.0. The normalized spacial score (nSPS) is 13.2. The molecule has 2 aromatic rings. The van der Waals surface area contributed by atoms with Crippen LogP contribution in [0.3, 0.4) is 0 Å². The topological polar surface area (TPSA) is 53.6 Å². The van der Waals surface area contributed by atoms with Crippen molar-refractivity contribution in [2.24, 2.45) is 0 Å². The van der Waals surface area contributed by atoms with Gasteiger partial charge in [0.1, 0.15) is 5.75 Å². The third-order valence-corrected chi connectivity index (χ3v) is 4.28. The largest absolute Gasteiger partial charge is 0.434 e. The lowest BCUT2D eigenvalue weighted by atomic mass is 10.0. The van der Waals surface area contributed by atoms with Crippen molar-refractivity contribution in [2.45, 2.75) is 32.0 Å². The lowest BCUT2D eigenvalue weighted by Crippen LogP contribution is -2.42. The number of nitrogens with zero attached hydrogens (tertiary/aromatic N) is 1. The van der Waals surface area contributed by atoms with Gasteiger partial charge in [-0.3, -0.25) is 0 Å². The zero-order valence-electron chi connectivity index (χ0n) is 16.4. The van der Waals surface area contributed by atoms with Crippen molar-refractivity contribution >= 4 is 6.03 Å². The molecule has 7 heteroatoms.